The fraction of sp³-hybridized carbons (Fsp3) is 0.652. The molecule has 1 saturated heterocycles. The number of hydrogen-bond acceptors (Lipinski definition) is 2. The molecule has 0 unspecified atom stereocenters. The van der Waals surface area contributed by atoms with Crippen LogP contribution in [0.15, 0.2) is 24.3 Å². The first-order valence-corrected chi connectivity index (χ1v) is 10.6. The monoisotopic (exact) mass is 370 g/mol. The topological polar surface area (TPSA) is 49.4 Å². The van der Waals surface area contributed by atoms with Crippen molar-refractivity contribution in [3.05, 3.63) is 35.4 Å². The van der Waals surface area contributed by atoms with E-state index in [1.165, 1.54) is 19.3 Å². The van der Waals surface area contributed by atoms with Crippen LogP contribution in [-0.4, -0.2) is 29.3 Å². The predicted octanol–water partition coefficient (Wildman–Crippen LogP) is 4.53. The summed E-state index contributed by atoms with van der Waals surface area (Å²) >= 11 is 0. The molecule has 1 aliphatic carbocycles. The molecule has 1 saturated carbocycles. The SMILES string of the molecule is CCC(C)(C)C1CCC(NC(=O)c2cccc(CN3CCCC3=O)c2)CC1. The van der Waals surface area contributed by atoms with Crippen molar-refractivity contribution in [2.75, 3.05) is 6.54 Å². The van der Waals surface area contributed by atoms with E-state index < -0.39 is 0 Å². The van der Waals surface area contributed by atoms with Gasteiger partial charge < -0.3 is 10.2 Å². The average Bonchev–Trinajstić information content (AvgIpc) is 3.07. The first-order chi connectivity index (χ1) is 12.9. The molecule has 0 atom stereocenters. The van der Waals surface area contributed by atoms with Gasteiger partial charge in [0.25, 0.3) is 5.91 Å². The summed E-state index contributed by atoms with van der Waals surface area (Å²) in [5, 5.41) is 3.24. The molecule has 2 aliphatic rings. The first kappa shape index (κ1) is 19.9. The standard InChI is InChI=1S/C23H34N2O2/c1-4-23(2,3)19-10-12-20(13-11-19)24-22(27)18-8-5-7-17(15-18)16-25-14-6-9-21(25)26/h5,7-8,15,19-20H,4,6,9-14,16H2,1-3H3,(H,24,27). The van der Waals surface area contributed by atoms with Crippen molar-refractivity contribution in [2.45, 2.75) is 78.3 Å². The number of benzene rings is 1. The molecule has 27 heavy (non-hydrogen) atoms. The smallest absolute Gasteiger partial charge is 0.251 e. The lowest BCUT2D eigenvalue weighted by Gasteiger charge is -2.39. The second-order valence-electron chi connectivity index (χ2n) is 8.98. The number of nitrogens with zero attached hydrogens (tertiary/aromatic N) is 1. The fourth-order valence-electron chi connectivity index (χ4n) is 4.48. The lowest BCUT2D eigenvalue weighted by molar-refractivity contribution is -0.128. The van der Waals surface area contributed by atoms with Gasteiger partial charge >= 0.3 is 0 Å². The van der Waals surface area contributed by atoms with Gasteiger partial charge in [0, 0.05) is 31.1 Å². The second-order valence-corrected chi connectivity index (χ2v) is 8.98. The van der Waals surface area contributed by atoms with Crippen molar-refractivity contribution in [2.24, 2.45) is 11.3 Å². The Morgan fingerprint density at radius 1 is 1.22 bits per heavy atom. The van der Waals surface area contributed by atoms with Crippen molar-refractivity contribution in [1.82, 2.24) is 10.2 Å². The van der Waals surface area contributed by atoms with Crippen LogP contribution < -0.4 is 5.32 Å². The summed E-state index contributed by atoms with van der Waals surface area (Å²) in [6, 6.07) is 8.01. The maximum atomic E-state index is 12.7. The molecule has 0 spiro atoms. The third kappa shape index (κ3) is 4.91. The van der Waals surface area contributed by atoms with Crippen LogP contribution in [0.3, 0.4) is 0 Å². The van der Waals surface area contributed by atoms with E-state index in [2.05, 4.69) is 26.1 Å². The van der Waals surface area contributed by atoms with E-state index in [0.717, 1.165) is 37.3 Å². The van der Waals surface area contributed by atoms with E-state index in [0.29, 0.717) is 23.9 Å². The molecule has 1 aliphatic heterocycles. The van der Waals surface area contributed by atoms with Gasteiger partial charge in [-0.15, -0.1) is 0 Å². The van der Waals surface area contributed by atoms with Crippen molar-refractivity contribution in [3.8, 4) is 0 Å². The Morgan fingerprint density at radius 2 is 1.96 bits per heavy atom. The molecular formula is C23H34N2O2. The highest BCUT2D eigenvalue weighted by Gasteiger charge is 2.32. The van der Waals surface area contributed by atoms with Crippen LogP contribution >= 0.6 is 0 Å². The van der Waals surface area contributed by atoms with E-state index in [-0.39, 0.29) is 17.9 Å². The fourth-order valence-corrected chi connectivity index (χ4v) is 4.48. The molecule has 1 aromatic carbocycles. The van der Waals surface area contributed by atoms with Gasteiger partial charge in [-0.2, -0.15) is 0 Å². The molecule has 4 heteroatoms. The van der Waals surface area contributed by atoms with Gasteiger partial charge in [-0.1, -0.05) is 39.3 Å². The number of amides is 2. The summed E-state index contributed by atoms with van der Waals surface area (Å²) in [6.45, 7) is 8.45. The molecule has 2 fully saturated rings. The highest BCUT2D eigenvalue weighted by molar-refractivity contribution is 5.94. The molecule has 0 aromatic heterocycles. The summed E-state index contributed by atoms with van der Waals surface area (Å²) in [4.78, 5) is 26.4. The van der Waals surface area contributed by atoms with E-state index >= 15 is 0 Å². The summed E-state index contributed by atoms with van der Waals surface area (Å²) in [5.41, 5.74) is 2.14. The Bertz CT molecular complexity index is 675. The molecular weight excluding hydrogens is 336 g/mol. The number of rotatable bonds is 6. The van der Waals surface area contributed by atoms with E-state index in [4.69, 9.17) is 0 Å². The van der Waals surface area contributed by atoms with Gasteiger partial charge in [0.1, 0.15) is 0 Å². The maximum absolute atomic E-state index is 12.7. The number of hydrogen-bond donors (Lipinski definition) is 1. The molecule has 0 radical (unpaired) electrons. The maximum Gasteiger partial charge on any atom is 0.251 e. The predicted molar refractivity (Wildman–Crippen MR) is 108 cm³/mol. The van der Waals surface area contributed by atoms with Crippen molar-refractivity contribution >= 4 is 11.8 Å². The van der Waals surface area contributed by atoms with Crippen molar-refractivity contribution in [3.63, 3.8) is 0 Å². The summed E-state index contributed by atoms with van der Waals surface area (Å²) in [7, 11) is 0. The molecule has 1 N–H and O–H groups in total. The van der Waals surface area contributed by atoms with Gasteiger partial charge in [-0.05, 0) is 61.1 Å². The van der Waals surface area contributed by atoms with Crippen LogP contribution in [0, 0.1) is 11.3 Å². The second kappa shape index (κ2) is 8.45. The highest BCUT2D eigenvalue weighted by atomic mass is 16.2. The summed E-state index contributed by atoms with van der Waals surface area (Å²) in [6.07, 6.45) is 7.34. The molecule has 0 bridgehead atoms. The Balaban J connectivity index is 1.54. The van der Waals surface area contributed by atoms with E-state index in [1.807, 2.05) is 29.2 Å². The average molecular weight is 371 g/mol. The molecule has 2 amide bonds. The highest BCUT2D eigenvalue weighted by Crippen LogP contribution is 2.40. The van der Waals surface area contributed by atoms with Crippen LogP contribution in [0.5, 0.6) is 0 Å². The Kier molecular flexibility index (Phi) is 6.23. The van der Waals surface area contributed by atoms with Gasteiger partial charge in [-0.3, -0.25) is 9.59 Å². The van der Waals surface area contributed by atoms with Gasteiger partial charge in [0.05, 0.1) is 0 Å². The van der Waals surface area contributed by atoms with Crippen LogP contribution in [0.2, 0.25) is 0 Å². The third-order valence-corrected chi connectivity index (χ3v) is 6.81. The molecule has 1 aromatic rings. The minimum Gasteiger partial charge on any atom is -0.349 e. The minimum atomic E-state index is 0.0165. The largest absolute Gasteiger partial charge is 0.349 e. The summed E-state index contributed by atoms with van der Waals surface area (Å²) < 4.78 is 0. The van der Waals surface area contributed by atoms with E-state index in [9.17, 15) is 9.59 Å². The Labute approximate surface area is 163 Å². The molecule has 4 nitrogen and oxygen atoms in total. The third-order valence-electron chi connectivity index (χ3n) is 6.81. The lowest BCUT2D eigenvalue weighted by atomic mass is 9.69. The zero-order chi connectivity index (χ0) is 19.4. The number of carbonyl (C=O) groups is 2. The van der Waals surface area contributed by atoms with Crippen LogP contribution in [0.1, 0.15) is 81.6 Å². The zero-order valence-corrected chi connectivity index (χ0v) is 17.1. The van der Waals surface area contributed by atoms with E-state index in [1.54, 1.807) is 0 Å². The quantitative estimate of drug-likeness (QED) is 0.799. The number of nitrogens with one attached hydrogen (secondary N) is 1. The normalized spacial score (nSPS) is 23.5. The van der Waals surface area contributed by atoms with Crippen LogP contribution in [0.25, 0.3) is 0 Å². The Hall–Kier alpha value is -1.84. The van der Waals surface area contributed by atoms with Crippen molar-refractivity contribution < 1.29 is 9.59 Å². The minimum absolute atomic E-state index is 0.0165. The van der Waals surface area contributed by atoms with Gasteiger partial charge in [0.15, 0.2) is 0 Å². The summed E-state index contributed by atoms with van der Waals surface area (Å²) in [5.74, 6) is 0.997. The molecule has 3 rings (SSSR count). The molecule has 148 valence electrons. The molecule has 1 heterocycles. The number of likely N-dealkylation sites (tertiary alicyclic amines) is 1. The Morgan fingerprint density at radius 3 is 2.59 bits per heavy atom. The lowest BCUT2D eigenvalue weighted by Crippen LogP contribution is -2.40. The van der Waals surface area contributed by atoms with Crippen molar-refractivity contribution in [1.29, 1.82) is 0 Å². The van der Waals surface area contributed by atoms with Gasteiger partial charge in [-0.25, -0.2) is 0 Å². The van der Waals surface area contributed by atoms with Gasteiger partial charge in [0.2, 0.25) is 5.91 Å². The van der Waals surface area contributed by atoms with Crippen LogP contribution in [0.4, 0.5) is 0 Å². The number of carbonyl (C=O) groups excluding carboxylic acids is 2. The van der Waals surface area contributed by atoms with Crippen LogP contribution in [-0.2, 0) is 11.3 Å². The first-order valence-electron chi connectivity index (χ1n) is 10.6. The zero-order valence-electron chi connectivity index (χ0n) is 17.1.